The zero-order valence-electron chi connectivity index (χ0n) is 29.7. The molecule has 13 nitrogen and oxygen atoms in total. The number of nitrogens with zero attached hydrogens (tertiary/aromatic N) is 3. The second-order valence-electron chi connectivity index (χ2n) is 13.9. The molecule has 0 saturated carbocycles. The van der Waals surface area contributed by atoms with Crippen molar-refractivity contribution in [2.75, 3.05) is 45.8 Å². The fourth-order valence-corrected chi connectivity index (χ4v) is 7.63. The summed E-state index contributed by atoms with van der Waals surface area (Å²) in [6, 6.07) is 0. The lowest BCUT2D eigenvalue weighted by Gasteiger charge is -2.37. The van der Waals surface area contributed by atoms with Gasteiger partial charge in [-0.3, -0.25) is 20.0 Å². The van der Waals surface area contributed by atoms with Gasteiger partial charge in [-0.25, -0.2) is 14.8 Å². The number of ether oxygens (including phenoxy) is 2. The van der Waals surface area contributed by atoms with Gasteiger partial charge in [0.15, 0.2) is 14.0 Å². The molecule has 49 heavy (non-hydrogen) atoms. The maximum absolute atomic E-state index is 13.4. The summed E-state index contributed by atoms with van der Waals surface area (Å²) in [4.78, 5) is 41.6. The maximum atomic E-state index is 13.4. The molecule has 1 aliphatic heterocycles. The molecule has 0 spiro atoms. The van der Waals surface area contributed by atoms with Crippen LogP contribution in [0.2, 0.25) is 18.1 Å². The van der Waals surface area contributed by atoms with E-state index in [9.17, 15) is 22.8 Å². The summed E-state index contributed by atoms with van der Waals surface area (Å²) in [6.45, 7) is 15.8. The Bertz CT molecular complexity index is 1590. The Hall–Kier alpha value is -2.28. The number of halogens is 3. The summed E-state index contributed by atoms with van der Waals surface area (Å²) in [6.07, 6.45) is -3.88. The van der Waals surface area contributed by atoms with Crippen molar-refractivity contribution in [1.82, 2.24) is 24.9 Å². The smallest absolute Gasteiger partial charge is 0.414 e. The lowest BCUT2D eigenvalue weighted by atomic mass is 10.1. The van der Waals surface area contributed by atoms with Crippen LogP contribution in [-0.4, -0.2) is 97.4 Å². The van der Waals surface area contributed by atoms with Gasteiger partial charge in [0.2, 0.25) is 5.95 Å². The normalized spacial score (nSPS) is 20.5. The Balaban J connectivity index is 1.84. The molecule has 2 unspecified atom stereocenters. The second kappa shape index (κ2) is 15.9. The first kappa shape index (κ1) is 41.1. The van der Waals surface area contributed by atoms with Crippen molar-refractivity contribution in [1.29, 1.82) is 0 Å². The van der Waals surface area contributed by atoms with Crippen LogP contribution in [-0.2, 0) is 34.2 Å². The van der Waals surface area contributed by atoms with E-state index in [1.807, 2.05) is 12.2 Å². The van der Waals surface area contributed by atoms with Crippen LogP contribution in [0.5, 0.6) is 0 Å². The van der Waals surface area contributed by atoms with E-state index < -0.39 is 48.8 Å². The molecule has 2 aromatic rings. The molecular formula is C30H47F3N6O7S2Si. The minimum Gasteiger partial charge on any atom is -0.414 e. The first-order valence-corrected chi connectivity index (χ1v) is 20.6. The van der Waals surface area contributed by atoms with Crippen molar-refractivity contribution in [3.63, 3.8) is 0 Å². The molecule has 19 heteroatoms. The summed E-state index contributed by atoms with van der Waals surface area (Å²) < 4.78 is 58.2. The number of aromatic nitrogens is 3. The second-order valence-corrected chi connectivity index (χ2v) is 21.5. The molecule has 1 amide bonds. The Morgan fingerprint density at radius 1 is 1.27 bits per heavy atom. The van der Waals surface area contributed by atoms with Gasteiger partial charge < -0.3 is 23.8 Å². The highest BCUT2D eigenvalue weighted by Gasteiger charge is 2.49. The third-order valence-electron chi connectivity index (χ3n) is 8.00. The number of H-pyrrole nitrogens is 1. The molecule has 0 aromatic carbocycles. The van der Waals surface area contributed by atoms with Crippen LogP contribution in [0.15, 0.2) is 11.0 Å². The van der Waals surface area contributed by atoms with E-state index in [1.54, 1.807) is 29.9 Å². The van der Waals surface area contributed by atoms with Gasteiger partial charge in [-0.15, -0.1) is 0 Å². The van der Waals surface area contributed by atoms with Crippen LogP contribution in [0.3, 0.4) is 0 Å². The first-order valence-electron chi connectivity index (χ1n) is 15.4. The zero-order chi connectivity index (χ0) is 37.0. The number of anilines is 1. The average molecular weight is 753 g/mol. The molecule has 1 saturated heterocycles. The molecule has 0 aliphatic carbocycles. The zero-order valence-corrected chi connectivity index (χ0v) is 32.3. The Morgan fingerprint density at radius 3 is 2.53 bits per heavy atom. The molecule has 276 valence electrons. The number of hydrazine groups is 1. The monoisotopic (exact) mass is 752 g/mol. The SMILES string of the molecule is COOC1C[C@@](C)(n2cc(C#CCOCSSC(C)(C)NC(=O)C(F)(F)F)c3c(=O)[nH]c(NN(C)C)nc32)OC1CO[Si](C)(C)C(C)(C)C. The highest BCUT2D eigenvalue weighted by molar-refractivity contribution is 8.77. The van der Waals surface area contributed by atoms with Crippen molar-refractivity contribution in [3.8, 4) is 11.8 Å². The molecule has 1 fully saturated rings. The van der Waals surface area contributed by atoms with Gasteiger partial charge in [0.25, 0.3) is 5.56 Å². The molecule has 3 heterocycles. The fraction of sp³-hybridized carbons (Fsp3) is 0.700. The van der Waals surface area contributed by atoms with Crippen molar-refractivity contribution in [3.05, 3.63) is 22.1 Å². The van der Waals surface area contributed by atoms with Crippen LogP contribution in [0.25, 0.3) is 11.0 Å². The number of hydrogen-bond acceptors (Lipinski definition) is 12. The van der Waals surface area contributed by atoms with Gasteiger partial charge in [0.05, 0.1) is 29.5 Å². The van der Waals surface area contributed by atoms with Gasteiger partial charge in [-0.05, 0) is 38.9 Å². The third-order valence-corrected chi connectivity index (χ3v) is 15.3. The van der Waals surface area contributed by atoms with Crippen molar-refractivity contribution in [2.24, 2.45) is 0 Å². The van der Waals surface area contributed by atoms with Gasteiger partial charge >= 0.3 is 12.1 Å². The third kappa shape index (κ3) is 10.9. The van der Waals surface area contributed by atoms with E-state index in [4.69, 9.17) is 28.7 Å². The molecule has 0 radical (unpaired) electrons. The minimum absolute atomic E-state index is 0.0103. The predicted octanol–water partition coefficient (Wildman–Crippen LogP) is 5.16. The Kier molecular flexibility index (Phi) is 13.4. The van der Waals surface area contributed by atoms with E-state index in [0.29, 0.717) is 17.6 Å². The molecule has 3 N–H and O–H groups in total. The number of rotatable bonds is 14. The summed E-state index contributed by atoms with van der Waals surface area (Å²) >= 11 is 0. The summed E-state index contributed by atoms with van der Waals surface area (Å²) in [5.41, 5.74) is 2.25. The number of carbonyl (C=O) groups is 1. The van der Waals surface area contributed by atoms with Crippen LogP contribution in [0, 0.1) is 11.8 Å². The average Bonchev–Trinajstić information content (AvgIpc) is 3.48. The lowest BCUT2D eigenvalue weighted by molar-refractivity contribution is -0.312. The lowest BCUT2D eigenvalue weighted by Crippen LogP contribution is -2.46. The number of aromatic amines is 1. The van der Waals surface area contributed by atoms with Crippen LogP contribution in [0.1, 0.15) is 53.5 Å². The number of fused-ring (bicyclic) bond motifs is 1. The van der Waals surface area contributed by atoms with Gasteiger partial charge in [-0.2, -0.15) is 18.2 Å². The molecule has 1 aliphatic rings. The summed E-state index contributed by atoms with van der Waals surface area (Å²) in [7, 11) is 4.98. The van der Waals surface area contributed by atoms with E-state index in [-0.39, 0.29) is 35.5 Å². The standard InChI is InChI=1S/C30H47F3N6O7S2Si/c1-27(2,3)49(10,11)44-17-21-20(46-42-9)15-29(6,45-21)39-16-19(22-23(39)34-26(35-24(22)40)37-38(7)8)13-12-14-43-18-47-48-28(4,5)36-25(41)30(31,32)33/h16,20-21H,14-15,17-18H2,1-11H3,(H,36,41)(H2,34,35,37,40)/t20?,21?,29-/m0/s1. The number of alkyl halides is 3. The highest BCUT2D eigenvalue weighted by atomic mass is 33.1. The van der Waals surface area contributed by atoms with E-state index in [1.165, 1.54) is 21.0 Å². The number of amides is 1. The molecular weight excluding hydrogens is 706 g/mol. The van der Waals surface area contributed by atoms with E-state index in [0.717, 1.165) is 21.6 Å². The van der Waals surface area contributed by atoms with Crippen LogP contribution < -0.4 is 16.3 Å². The Labute approximate surface area is 293 Å². The van der Waals surface area contributed by atoms with Gasteiger partial charge in [0, 0.05) is 26.7 Å². The number of nitrogens with one attached hydrogen (secondary N) is 3. The number of carbonyl (C=O) groups excluding carboxylic acids is 1. The molecule has 0 bridgehead atoms. The molecule has 3 rings (SSSR count). The van der Waals surface area contributed by atoms with E-state index >= 15 is 0 Å². The minimum atomic E-state index is -4.97. The summed E-state index contributed by atoms with van der Waals surface area (Å²) in [5.74, 6) is 4.17. The van der Waals surface area contributed by atoms with E-state index in [2.05, 4.69) is 56.1 Å². The van der Waals surface area contributed by atoms with Gasteiger partial charge in [-0.1, -0.05) is 54.2 Å². The summed E-state index contributed by atoms with van der Waals surface area (Å²) in [5, 5.41) is 3.81. The highest BCUT2D eigenvalue weighted by Crippen LogP contribution is 2.41. The van der Waals surface area contributed by atoms with Gasteiger partial charge in [0.1, 0.15) is 30.5 Å². The quantitative estimate of drug-likeness (QED) is 0.0447. The predicted molar refractivity (Wildman–Crippen MR) is 187 cm³/mol. The molecule has 2 aromatic heterocycles. The van der Waals surface area contributed by atoms with Crippen LogP contribution in [0.4, 0.5) is 19.1 Å². The first-order chi connectivity index (χ1) is 22.5. The Morgan fingerprint density at radius 2 is 1.94 bits per heavy atom. The number of hydrogen-bond donors (Lipinski definition) is 3. The maximum Gasteiger partial charge on any atom is 0.471 e. The van der Waals surface area contributed by atoms with Crippen molar-refractivity contribution >= 4 is 52.8 Å². The van der Waals surface area contributed by atoms with Crippen molar-refractivity contribution in [2.45, 2.75) is 95.1 Å². The largest absolute Gasteiger partial charge is 0.471 e. The van der Waals surface area contributed by atoms with Crippen molar-refractivity contribution < 1.29 is 41.6 Å². The van der Waals surface area contributed by atoms with Crippen LogP contribution >= 0.6 is 21.6 Å². The topological polar surface area (TPSA) is 141 Å². The molecule has 3 atom stereocenters. The fourth-order valence-electron chi connectivity index (χ4n) is 4.63.